The van der Waals surface area contributed by atoms with Gasteiger partial charge in [0.05, 0.1) is 0 Å². The van der Waals surface area contributed by atoms with Gasteiger partial charge in [-0.3, -0.25) is 4.79 Å². The Balaban J connectivity index is 1.64. The van der Waals surface area contributed by atoms with E-state index in [1.807, 2.05) is 18.2 Å². The minimum atomic E-state index is 0.235. The zero-order valence-electron chi connectivity index (χ0n) is 10.4. The van der Waals surface area contributed by atoms with E-state index >= 15 is 0 Å². The highest BCUT2D eigenvalue weighted by atomic mass is 79.9. The quantitative estimate of drug-likeness (QED) is 0.842. The molecule has 2 fully saturated rings. The van der Waals surface area contributed by atoms with E-state index in [9.17, 15) is 4.79 Å². The van der Waals surface area contributed by atoms with E-state index in [1.165, 1.54) is 31.2 Å². The number of fused-ring (bicyclic) bond motifs is 1. The maximum Gasteiger partial charge on any atom is 0.228 e. The molecule has 18 heavy (non-hydrogen) atoms. The SMILES string of the molecule is O=C(Nc1cccc(CBr)c1)C1C2CCCCC21. The van der Waals surface area contributed by atoms with Gasteiger partial charge in [0.25, 0.3) is 0 Å². The summed E-state index contributed by atoms with van der Waals surface area (Å²) in [5.74, 6) is 1.88. The van der Waals surface area contributed by atoms with Crippen molar-refractivity contribution in [2.45, 2.75) is 31.0 Å². The number of halogens is 1. The number of amides is 1. The summed E-state index contributed by atoms with van der Waals surface area (Å²) in [6.45, 7) is 0. The van der Waals surface area contributed by atoms with Gasteiger partial charge in [-0.25, -0.2) is 0 Å². The summed E-state index contributed by atoms with van der Waals surface area (Å²) in [4.78, 5) is 12.2. The lowest BCUT2D eigenvalue weighted by atomic mass is 10.0. The largest absolute Gasteiger partial charge is 0.326 e. The number of hydrogen-bond donors (Lipinski definition) is 1. The fourth-order valence-electron chi connectivity index (χ4n) is 3.34. The van der Waals surface area contributed by atoms with E-state index in [-0.39, 0.29) is 5.91 Å². The van der Waals surface area contributed by atoms with Gasteiger partial charge in [0.1, 0.15) is 0 Å². The van der Waals surface area contributed by atoms with Gasteiger partial charge in [-0.1, -0.05) is 40.9 Å². The van der Waals surface area contributed by atoms with Gasteiger partial charge in [0, 0.05) is 16.9 Å². The summed E-state index contributed by atoms with van der Waals surface area (Å²) < 4.78 is 0. The molecule has 1 N–H and O–H groups in total. The summed E-state index contributed by atoms with van der Waals surface area (Å²) >= 11 is 3.44. The highest BCUT2D eigenvalue weighted by Gasteiger charge is 2.54. The zero-order valence-corrected chi connectivity index (χ0v) is 11.9. The van der Waals surface area contributed by atoms with Gasteiger partial charge in [0.2, 0.25) is 5.91 Å². The molecule has 3 heteroatoms. The highest BCUT2D eigenvalue weighted by molar-refractivity contribution is 9.08. The Bertz CT molecular complexity index is 448. The Hall–Kier alpha value is -0.830. The van der Waals surface area contributed by atoms with E-state index in [0.29, 0.717) is 17.8 Å². The molecule has 0 aromatic heterocycles. The van der Waals surface area contributed by atoms with E-state index in [1.54, 1.807) is 0 Å². The maximum absolute atomic E-state index is 12.2. The van der Waals surface area contributed by atoms with Gasteiger partial charge < -0.3 is 5.32 Å². The molecule has 1 aromatic carbocycles. The topological polar surface area (TPSA) is 29.1 Å². The van der Waals surface area contributed by atoms with E-state index in [2.05, 4.69) is 27.3 Å². The Morgan fingerprint density at radius 3 is 2.67 bits per heavy atom. The lowest BCUT2D eigenvalue weighted by Crippen LogP contribution is -2.15. The molecule has 0 spiro atoms. The molecule has 2 nitrogen and oxygen atoms in total. The van der Waals surface area contributed by atoms with Crippen LogP contribution in [0.3, 0.4) is 0 Å². The first kappa shape index (κ1) is 12.2. The molecule has 2 aliphatic rings. The van der Waals surface area contributed by atoms with Crippen molar-refractivity contribution >= 4 is 27.5 Å². The number of carbonyl (C=O) groups excluding carboxylic acids is 1. The van der Waals surface area contributed by atoms with Crippen molar-refractivity contribution in [3.05, 3.63) is 29.8 Å². The Morgan fingerprint density at radius 1 is 1.28 bits per heavy atom. The van der Waals surface area contributed by atoms with Crippen LogP contribution in [-0.2, 0) is 10.1 Å². The number of anilines is 1. The number of carbonyl (C=O) groups is 1. The van der Waals surface area contributed by atoms with Crippen LogP contribution in [0.1, 0.15) is 31.2 Å². The van der Waals surface area contributed by atoms with Crippen LogP contribution in [0.25, 0.3) is 0 Å². The average molecular weight is 308 g/mol. The van der Waals surface area contributed by atoms with Crippen LogP contribution in [0.15, 0.2) is 24.3 Å². The number of benzene rings is 1. The monoisotopic (exact) mass is 307 g/mol. The first-order chi connectivity index (χ1) is 8.79. The Labute approximate surface area is 116 Å². The number of nitrogens with one attached hydrogen (secondary N) is 1. The van der Waals surface area contributed by atoms with Crippen LogP contribution < -0.4 is 5.32 Å². The van der Waals surface area contributed by atoms with Gasteiger partial charge in [0.15, 0.2) is 0 Å². The molecule has 0 radical (unpaired) electrons. The molecule has 0 heterocycles. The summed E-state index contributed by atoms with van der Waals surface area (Å²) in [6, 6.07) is 8.06. The van der Waals surface area contributed by atoms with Gasteiger partial charge in [-0.2, -0.15) is 0 Å². The summed E-state index contributed by atoms with van der Waals surface area (Å²) in [6.07, 6.45) is 5.13. The summed E-state index contributed by atoms with van der Waals surface area (Å²) in [5, 5.41) is 3.90. The second kappa shape index (κ2) is 5.04. The van der Waals surface area contributed by atoms with Crippen molar-refractivity contribution in [1.82, 2.24) is 0 Å². The molecule has 0 bridgehead atoms. The molecule has 2 saturated carbocycles. The van der Waals surface area contributed by atoms with Crippen molar-refractivity contribution in [3.63, 3.8) is 0 Å². The third-order valence-electron chi connectivity index (χ3n) is 4.31. The molecule has 0 saturated heterocycles. The van der Waals surface area contributed by atoms with E-state index in [4.69, 9.17) is 0 Å². The normalized spacial score (nSPS) is 29.5. The molecule has 3 rings (SSSR count). The third-order valence-corrected chi connectivity index (χ3v) is 4.96. The second-order valence-corrected chi connectivity index (χ2v) is 6.02. The molecule has 1 amide bonds. The third kappa shape index (κ3) is 2.33. The van der Waals surface area contributed by atoms with Crippen LogP contribution in [0.5, 0.6) is 0 Å². The fourth-order valence-corrected chi connectivity index (χ4v) is 3.69. The van der Waals surface area contributed by atoms with Crippen molar-refractivity contribution in [2.75, 3.05) is 5.32 Å². The van der Waals surface area contributed by atoms with Crippen LogP contribution in [-0.4, -0.2) is 5.91 Å². The maximum atomic E-state index is 12.2. The van der Waals surface area contributed by atoms with Gasteiger partial charge in [-0.05, 0) is 42.4 Å². The minimum absolute atomic E-state index is 0.235. The first-order valence-corrected chi connectivity index (χ1v) is 7.87. The summed E-state index contributed by atoms with van der Waals surface area (Å²) in [5.41, 5.74) is 2.13. The predicted octanol–water partition coefficient (Wildman–Crippen LogP) is 3.96. The zero-order chi connectivity index (χ0) is 12.5. The molecular formula is C15H18BrNO. The fraction of sp³-hybridized carbons (Fsp3) is 0.533. The average Bonchev–Trinajstić information content (AvgIpc) is 3.13. The Kier molecular flexibility index (Phi) is 3.42. The highest BCUT2D eigenvalue weighted by Crippen LogP contribution is 2.55. The standard InChI is InChI=1S/C15H18BrNO/c16-9-10-4-3-5-11(8-10)17-15(18)14-12-6-1-2-7-13(12)14/h3-5,8,12-14H,1-2,6-7,9H2,(H,17,18). The predicted molar refractivity (Wildman–Crippen MR) is 76.6 cm³/mol. The van der Waals surface area contributed by atoms with Crippen LogP contribution in [0.2, 0.25) is 0 Å². The van der Waals surface area contributed by atoms with Crippen molar-refractivity contribution in [3.8, 4) is 0 Å². The minimum Gasteiger partial charge on any atom is -0.326 e. The first-order valence-electron chi connectivity index (χ1n) is 6.75. The van der Waals surface area contributed by atoms with Gasteiger partial charge in [-0.15, -0.1) is 0 Å². The molecule has 2 unspecified atom stereocenters. The number of hydrogen-bond acceptors (Lipinski definition) is 1. The van der Waals surface area contributed by atoms with Crippen molar-refractivity contribution in [1.29, 1.82) is 0 Å². The molecule has 1 aromatic rings. The molecule has 2 atom stereocenters. The van der Waals surface area contributed by atoms with Crippen LogP contribution >= 0.6 is 15.9 Å². The smallest absolute Gasteiger partial charge is 0.228 e. The number of rotatable bonds is 3. The van der Waals surface area contributed by atoms with Crippen molar-refractivity contribution in [2.24, 2.45) is 17.8 Å². The molecule has 0 aliphatic heterocycles. The lowest BCUT2D eigenvalue weighted by molar-refractivity contribution is -0.117. The molecule has 96 valence electrons. The molecular weight excluding hydrogens is 290 g/mol. The molecule has 2 aliphatic carbocycles. The van der Waals surface area contributed by atoms with Crippen LogP contribution in [0, 0.1) is 17.8 Å². The van der Waals surface area contributed by atoms with E-state index in [0.717, 1.165) is 11.0 Å². The van der Waals surface area contributed by atoms with Crippen LogP contribution in [0.4, 0.5) is 5.69 Å². The summed E-state index contributed by atoms with van der Waals surface area (Å²) in [7, 11) is 0. The Morgan fingerprint density at radius 2 is 2.00 bits per heavy atom. The lowest BCUT2D eigenvalue weighted by Gasteiger charge is -2.06. The van der Waals surface area contributed by atoms with Gasteiger partial charge >= 0.3 is 0 Å². The second-order valence-electron chi connectivity index (χ2n) is 5.46. The van der Waals surface area contributed by atoms with E-state index < -0.39 is 0 Å². The number of alkyl halides is 1. The van der Waals surface area contributed by atoms with Crippen molar-refractivity contribution < 1.29 is 4.79 Å².